The zero-order valence-corrected chi connectivity index (χ0v) is 21.4. The van der Waals surface area contributed by atoms with E-state index in [1.165, 1.54) is 61.5 Å². The summed E-state index contributed by atoms with van der Waals surface area (Å²) < 4.78 is 27.6. The number of rotatable bonds is 7. The quantitative estimate of drug-likeness (QED) is 0.385. The number of nitrogens with zero attached hydrogens (tertiary/aromatic N) is 3. The number of benzene rings is 1. The summed E-state index contributed by atoms with van der Waals surface area (Å²) in [6.45, 7) is 0.586. The zero-order valence-electron chi connectivity index (χ0n) is 20.6. The first kappa shape index (κ1) is 22.5. The molecule has 2 saturated heterocycles. The molecule has 5 aliphatic rings. The van der Waals surface area contributed by atoms with Crippen LogP contribution in [0.25, 0.3) is 10.2 Å². The highest BCUT2D eigenvalue weighted by molar-refractivity contribution is 7.22. The van der Waals surface area contributed by atoms with Gasteiger partial charge in [-0.05, 0) is 81.8 Å². The monoisotopic (exact) mass is 523 g/mol. The Balaban J connectivity index is 0.986. The molecule has 0 amide bonds. The highest BCUT2D eigenvalue weighted by Gasteiger charge is 2.54. The third-order valence-electron chi connectivity index (χ3n) is 9.56. The molecule has 194 valence electrons. The van der Waals surface area contributed by atoms with Gasteiger partial charge in [0.1, 0.15) is 11.3 Å². The van der Waals surface area contributed by atoms with Gasteiger partial charge in [0.25, 0.3) is 0 Å². The predicted molar refractivity (Wildman–Crippen MR) is 136 cm³/mol. The molecule has 37 heavy (non-hydrogen) atoms. The number of carbonyl (C=O) groups is 1. The Morgan fingerprint density at radius 3 is 2.59 bits per heavy atom. The third kappa shape index (κ3) is 3.72. The number of carboxylic acid groups (broad SMARTS) is 1. The lowest BCUT2D eigenvalue weighted by Crippen LogP contribution is -2.45. The standard InChI is InChI=1S/C28H30FN3O4S/c29-21-7-15(26(33)34)8-22-24(21)30-27(37-22)32-17-3-4-18(32)10-19(9-17)35-13-20-23(16-11-28(12-16)5-6-28)31-36-25(20)14-1-2-14/h7-8,14,16-19H,1-6,9-13H2,(H,33,34)/t17-,18+,19-. The van der Waals surface area contributed by atoms with Gasteiger partial charge in [0.2, 0.25) is 0 Å². The molecule has 9 heteroatoms. The van der Waals surface area contributed by atoms with Crippen LogP contribution in [0.3, 0.4) is 0 Å². The number of piperidine rings is 1. The van der Waals surface area contributed by atoms with Gasteiger partial charge in [0.05, 0.1) is 28.7 Å². The van der Waals surface area contributed by atoms with E-state index in [0.717, 1.165) is 48.3 Å². The van der Waals surface area contributed by atoms with Gasteiger partial charge in [0.15, 0.2) is 10.9 Å². The molecule has 1 aromatic carbocycles. The number of aromatic carboxylic acids is 1. The maximum atomic E-state index is 14.6. The Kier molecular flexibility index (Phi) is 4.85. The molecule has 2 aromatic heterocycles. The number of fused-ring (bicyclic) bond motifs is 3. The molecule has 7 nitrogen and oxygen atoms in total. The van der Waals surface area contributed by atoms with Crippen molar-refractivity contribution in [2.75, 3.05) is 4.90 Å². The SMILES string of the molecule is O=C(O)c1cc(F)c2nc(N3[C@@H]4CC[C@H]3C[C@H](OCc3c(C5CC6(CC6)C5)noc3C3CC3)C4)sc2c1. The van der Waals surface area contributed by atoms with E-state index in [9.17, 15) is 14.3 Å². The van der Waals surface area contributed by atoms with Gasteiger partial charge in [0, 0.05) is 29.5 Å². The van der Waals surface area contributed by atoms with Crippen LogP contribution in [0.15, 0.2) is 16.7 Å². The summed E-state index contributed by atoms with van der Waals surface area (Å²) >= 11 is 1.39. The van der Waals surface area contributed by atoms with Gasteiger partial charge >= 0.3 is 5.97 Å². The van der Waals surface area contributed by atoms with Crippen molar-refractivity contribution in [3.05, 3.63) is 40.5 Å². The molecule has 3 atom stereocenters. The fraction of sp³-hybridized carbons (Fsp3) is 0.607. The van der Waals surface area contributed by atoms with E-state index in [2.05, 4.69) is 15.0 Å². The second-order valence-electron chi connectivity index (χ2n) is 12.1. The average Bonchev–Trinajstić information content (AvgIpc) is 3.75. The highest BCUT2D eigenvalue weighted by Crippen LogP contribution is 2.66. The summed E-state index contributed by atoms with van der Waals surface area (Å²) in [5.74, 6) is 0.437. The molecule has 5 fully saturated rings. The maximum absolute atomic E-state index is 14.6. The average molecular weight is 524 g/mol. The Morgan fingerprint density at radius 2 is 1.92 bits per heavy atom. The molecule has 3 aliphatic carbocycles. The Labute approximate surface area is 218 Å². The van der Waals surface area contributed by atoms with Crippen molar-refractivity contribution < 1.29 is 23.6 Å². The van der Waals surface area contributed by atoms with Crippen LogP contribution in [0.5, 0.6) is 0 Å². The van der Waals surface area contributed by atoms with Gasteiger partial charge in [-0.15, -0.1) is 0 Å². The summed E-state index contributed by atoms with van der Waals surface area (Å²) in [6.07, 6.45) is 11.8. The first-order chi connectivity index (χ1) is 18.0. The van der Waals surface area contributed by atoms with Crippen molar-refractivity contribution in [1.82, 2.24) is 10.1 Å². The summed E-state index contributed by atoms with van der Waals surface area (Å²) in [4.78, 5) is 18.3. The van der Waals surface area contributed by atoms with Crippen LogP contribution >= 0.6 is 11.3 Å². The number of ether oxygens (including phenoxy) is 1. The molecule has 1 spiro atoms. The Bertz CT molecular complexity index is 1390. The fourth-order valence-corrected chi connectivity index (χ4v) is 8.38. The van der Waals surface area contributed by atoms with Crippen molar-refractivity contribution in [1.29, 1.82) is 0 Å². The molecule has 2 aliphatic heterocycles. The molecular formula is C28H30FN3O4S. The van der Waals surface area contributed by atoms with Crippen LogP contribution < -0.4 is 4.90 Å². The van der Waals surface area contributed by atoms with Gasteiger partial charge in [-0.2, -0.15) is 0 Å². The second-order valence-corrected chi connectivity index (χ2v) is 13.1. The van der Waals surface area contributed by atoms with E-state index in [-0.39, 0.29) is 17.2 Å². The van der Waals surface area contributed by atoms with Crippen LogP contribution in [0, 0.1) is 11.2 Å². The Morgan fingerprint density at radius 1 is 1.16 bits per heavy atom. The van der Waals surface area contributed by atoms with E-state index < -0.39 is 11.8 Å². The van der Waals surface area contributed by atoms with E-state index in [4.69, 9.17) is 9.26 Å². The Hall–Kier alpha value is -2.52. The number of anilines is 1. The molecule has 2 bridgehead atoms. The number of halogens is 1. The van der Waals surface area contributed by atoms with Crippen LogP contribution in [0.4, 0.5) is 9.52 Å². The molecule has 4 heterocycles. The largest absolute Gasteiger partial charge is 0.478 e. The number of carboxylic acids is 1. The van der Waals surface area contributed by atoms with Gasteiger partial charge in [-0.25, -0.2) is 14.2 Å². The number of thiazole rings is 1. The zero-order chi connectivity index (χ0) is 24.9. The minimum atomic E-state index is -1.13. The van der Waals surface area contributed by atoms with Crippen molar-refractivity contribution in [2.24, 2.45) is 5.41 Å². The molecule has 1 N–H and O–H groups in total. The molecular weight excluding hydrogens is 493 g/mol. The molecule has 3 aromatic rings. The van der Waals surface area contributed by atoms with E-state index in [1.807, 2.05) is 0 Å². The maximum Gasteiger partial charge on any atom is 0.335 e. The van der Waals surface area contributed by atoms with Crippen LogP contribution in [0.1, 0.15) is 103 Å². The lowest BCUT2D eigenvalue weighted by molar-refractivity contribution is 0.0138. The molecule has 0 unspecified atom stereocenters. The van der Waals surface area contributed by atoms with Gasteiger partial charge in [-0.1, -0.05) is 16.5 Å². The molecule has 8 rings (SSSR count). The molecule has 0 radical (unpaired) electrons. The van der Waals surface area contributed by atoms with Crippen molar-refractivity contribution in [2.45, 2.75) is 101 Å². The first-order valence-corrected chi connectivity index (χ1v) is 14.5. The number of hydrogen-bond acceptors (Lipinski definition) is 7. The second kappa shape index (κ2) is 7.99. The van der Waals surface area contributed by atoms with E-state index in [1.54, 1.807) is 0 Å². The fourth-order valence-electron chi connectivity index (χ4n) is 7.22. The summed E-state index contributed by atoms with van der Waals surface area (Å²) in [5, 5.41) is 14.6. The lowest BCUT2D eigenvalue weighted by atomic mass is 9.69. The highest BCUT2D eigenvalue weighted by atomic mass is 32.1. The van der Waals surface area contributed by atoms with Crippen molar-refractivity contribution in [3.63, 3.8) is 0 Å². The lowest BCUT2D eigenvalue weighted by Gasteiger charge is -2.39. The van der Waals surface area contributed by atoms with Crippen LogP contribution in [0.2, 0.25) is 0 Å². The topological polar surface area (TPSA) is 88.7 Å². The normalized spacial score (nSPS) is 28.2. The first-order valence-electron chi connectivity index (χ1n) is 13.7. The summed E-state index contributed by atoms with van der Waals surface area (Å²) in [6, 6.07) is 3.20. The summed E-state index contributed by atoms with van der Waals surface area (Å²) in [7, 11) is 0. The van der Waals surface area contributed by atoms with Gasteiger partial charge in [-0.3, -0.25) is 0 Å². The van der Waals surface area contributed by atoms with Crippen molar-refractivity contribution in [3.8, 4) is 0 Å². The van der Waals surface area contributed by atoms with Crippen LogP contribution in [-0.2, 0) is 11.3 Å². The van der Waals surface area contributed by atoms with E-state index >= 15 is 0 Å². The smallest absolute Gasteiger partial charge is 0.335 e. The predicted octanol–water partition coefficient (Wildman–Crippen LogP) is 6.37. The number of aromatic nitrogens is 2. The van der Waals surface area contributed by atoms with Crippen LogP contribution in [-0.4, -0.2) is 39.4 Å². The third-order valence-corrected chi connectivity index (χ3v) is 10.6. The van der Waals surface area contributed by atoms with E-state index in [0.29, 0.717) is 40.6 Å². The number of hydrogen-bond donors (Lipinski definition) is 1. The van der Waals surface area contributed by atoms with Crippen molar-refractivity contribution >= 4 is 32.7 Å². The van der Waals surface area contributed by atoms with Gasteiger partial charge < -0.3 is 19.3 Å². The summed E-state index contributed by atoms with van der Waals surface area (Å²) in [5.41, 5.74) is 3.25. The minimum absolute atomic E-state index is 0.0387. The molecule has 3 saturated carbocycles. The minimum Gasteiger partial charge on any atom is -0.478 e.